The molecule has 2 fully saturated rings. The molecule has 0 N–H and O–H groups in total. The number of nitrogens with zero attached hydrogens (tertiary/aromatic N) is 1. The van der Waals surface area contributed by atoms with Crippen LogP contribution in [0, 0.1) is 23.7 Å². The van der Waals surface area contributed by atoms with Gasteiger partial charge in [0.15, 0.2) is 11.5 Å². The van der Waals surface area contributed by atoms with Crippen LogP contribution < -0.4 is 9.47 Å². The highest BCUT2D eigenvalue weighted by Crippen LogP contribution is 2.66. The van der Waals surface area contributed by atoms with Gasteiger partial charge in [0, 0.05) is 5.41 Å². The minimum Gasteiger partial charge on any atom is -0.454 e. The van der Waals surface area contributed by atoms with Crippen molar-refractivity contribution in [3.05, 3.63) is 64.7 Å². The van der Waals surface area contributed by atoms with Crippen molar-refractivity contribution in [2.75, 3.05) is 6.79 Å². The monoisotopic (exact) mass is 417 g/mol. The molecule has 31 heavy (non-hydrogen) atoms. The highest BCUT2D eigenvalue weighted by Gasteiger charge is 2.63. The molecule has 2 aromatic rings. The Morgan fingerprint density at radius 1 is 1.10 bits per heavy atom. The smallest absolute Gasteiger partial charge is 0.365 e. The van der Waals surface area contributed by atoms with Gasteiger partial charge in [0.1, 0.15) is 0 Å². The zero-order valence-electron chi connectivity index (χ0n) is 18.4. The molecule has 2 saturated carbocycles. The number of rotatable bonds is 3. The molecule has 2 aliphatic carbocycles. The average molecular weight is 418 g/mol. The molecule has 3 aliphatic rings. The quantitative estimate of drug-likeness (QED) is 0.469. The highest BCUT2D eigenvalue weighted by atomic mass is 16.7. The minimum atomic E-state index is -0.431. The van der Waals surface area contributed by atoms with E-state index in [2.05, 4.69) is 32.0 Å². The summed E-state index contributed by atoms with van der Waals surface area (Å²) in [7, 11) is 0. The van der Waals surface area contributed by atoms with Crippen LogP contribution in [0.25, 0.3) is 6.08 Å². The molecule has 1 heterocycles. The van der Waals surface area contributed by atoms with E-state index < -0.39 is 5.97 Å². The molecule has 0 spiro atoms. The number of carbonyl (C=O) groups is 1. The average Bonchev–Trinajstić information content (AvgIpc) is 3.34. The number of benzene rings is 2. The standard InChI is InChI=1S/C26H27NO4/c1-16-5-8-18(9-6-16)24(28)31-27-23-19(20-11-12-26(23,4)25(20,2)3)13-17-7-10-21-22(14-17)30-15-29-21/h5-10,13-14,20H,11-12,15H2,1-4H3. The molecule has 2 atom stereocenters. The number of aryl methyl sites for hydroxylation is 1. The van der Waals surface area contributed by atoms with Crippen LogP contribution in [0.15, 0.2) is 53.2 Å². The molecule has 5 heteroatoms. The largest absolute Gasteiger partial charge is 0.454 e. The summed E-state index contributed by atoms with van der Waals surface area (Å²) in [4.78, 5) is 18.1. The second-order valence-corrected chi connectivity index (χ2v) is 9.54. The zero-order valence-corrected chi connectivity index (χ0v) is 18.4. The topological polar surface area (TPSA) is 57.1 Å². The Hall–Kier alpha value is -3.08. The first-order valence-corrected chi connectivity index (χ1v) is 10.8. The molecule has 5 rings (SSSR count). The first-order chi connectivity index (χ1) is 14.8. The molecule has 0 aromatic heterocycles. The van der Waals surface area contributed by atoms with Crippen molar-refractivity contribution >= 4 is 17.8 Å². The molecule has 2 bridgehead atoms. The molecule has 5 nitrogen and oxygen atoms in total. The second kappa shape index (κ2) is 6.98. The van der Waals surface area contributed by atoms with Crippen LogP contribution in [0.3, 0.4) is 0 Å². The maximum absolute atomic E-state index is 12.6. The third-order valence-electron chi connectivity index (χ3n) is 7.62. The van der Waals surface area contributed by atoms with Crippen LogP contribution in [0.4, 0.5) is 0 Å². The van der Waals surface area contributed by atoms with E-state index in [9.17, 15) is 4.79 Å². The van der Waals surface area contributed by atoms with Crippen molar-refractivity contribution in [2.24, 2.45) is 21.9 Å². The fourth-order valence-electron chi connectivity index (χ4n) is 5.29. The highest BCUT2D eigenvalue weighted by molar-refractivity contribution is 6.11. The lowest BCUT2D eigenvalue weighted by molar-refractivity contribution is 0.0509. The molecule has 2 unspecified atom stereocenters. The Bertz CT molecular complexity index is 1110. The van der Waals surface area contributed by atoms with Crippen LogP contribution in [0.2, 0.25) is 0 Å². The fourth-order valence-corrected chi connectivity index (χ4v) is 5.29. The lowest BCUT2D eigenvalue weighted by Gasteiger charge is -2.33. The Labute approximate surface area is 182 Å². The first-order valence-electron chi connectivity index (χ1n) is 10.8. The number of fused-ring (bicyclic) bond motifs is 3. The van der Waals surface area contributed by atoms with E-state index in [-0.39, 0.29) is 17.6 Å². The van der Waals surface area contributed by atoms with E-state index in [1.165, 1.54) is 0 Å². The fraction of sp³-hybridized carbons (Fsp3) is 0.385. The Kier molecular flexibility index (Phi) is 4.47. The number of ether oxygens (including phenoxy) is 2. The summed E-state index contributed by atoms with van der Waals surface area (Å²) in [6.07, 6.45) is 4.30. The van der Waals surface area contributed by atoms with E-state index in [4.69, 9.17) is 14.3 Å². The summed E-state index contributed by atoms with van der Waals surface area (Å²) in [6.45, 7) is 9.07. The Morgan fingerprint density at radius 2 is 1.84 bits per heavy atom. The van der Waals surface area contributed by atoms with Gasteiger partial charge in [-0.1, -0.05) is 49.7 Å². The van der Waals surface area contributed by atoms with E-state index in [0.29, 0.717) is 11.5 Å². The normalized spacial score (nSPS) is 27.8. The van der Waals surface area contributed by atoms with E-state index in [1.807, 2.05) is 37.3 Å². The van der Waals surface area contributed by atoms with Gasteiger partial charge in [-0.05, 0) is 72.6 Å². The molecule has 2 aromatic carbocycles. The molecule has 160 valence electrons. The van der Waals surface area contributed by atoms with Crippen molar-refractivity contribution in [1.29, 1.82) is 0 Å². The summed E-state index contributed by atoms with van der Waals surface area (Å²) in [5.41, 5.74) is 4.55. The molecular weight excluding hydrogens is 390 g/mol. The van der Waals surface area contributed by atoms with Crippen molar-refractivity contribution < 1.29 is 19.1 Å². The van der Waals surface area contributed by atoms with Gasteiger partial charge in [-0.2, -0.15) is 0 Å². The van der Waals surface area contributed by atoms with Crippen LogP contribution in [0.5, 0.6) is 11.5 Å². The van der Waals surface area contributed by atoms with Gasteiger partial charge in [0.2, 0.25) is 6.79 Å². The molecular formula is C26H27NO4. The van der Waals surface area contributed by atoms with Crippen molar-refractivity contribution in [3.8, 4) is 11.5 Å². The summed E-state index contributed by atoms with van der Waals surface area (Å²) in [6, 6.07) is 13.3. The van der Waals surface area contributed by atoms with E-state index in [0.717, 1.165) is 46.8 Å². The molecule has 0 amide bonds. The number of oxime groups is 1. The van der Waals surface area contributed by atoms with Gasteiger partial charge in [-0.25, -0.2) is 4.79 Å². The predicted molar refractivity (Wildman–Crippen MR) is 119 cm³/mol. The third kappa shape index (κ3) is 3.06. The number of hydrogen-bond donors (Lipinski definition) is 0. The van der Waals surface area contributed by atoms with E-state index in [1.54, 1.807) is 12.1 Å². The second-order valence-electron chi connectivity index (χ2n) is 9.54. The number of hydrogen-bond acceptors (Lipinski definition) is 5. The predicted octanol–water partition coefficient (Wildman–Crippen LogP) is 5.78. The van der Waals surface area contributed by atoms with Crippen LogP contribution >= 0.6 is 0 Å². The zero-order chi connectivity index (χ0) is 21.8. The summed E-state index contributed by atoms with van der Waals surface area (Å²) in [5, 5.41) is 4.46. The SMILES string of the molecule is Cc1ccc(C(=O)ON=C2C(=Cc3ccc4c(c3)OCO4)C3CCC2(C)C3(C)C)cc1. The molecule has 0 saturated heterocycles. The molecule has 1 aliphatic heterocycles. The van der Waals surface area contributed by atoms with Crippen molar-refractivity contribution in [2.45, 2.75) is 40.5 Å². The van der Waals surface area contributed by atoms with Crippen molar-refractivity contribution in [3.63, 3.8) is 0 Å². The summed E-state index contributed by atoms with van der Waals surface area (Å²) < 4.78 is 11.0. The third-order valence-corrected chi connectivity index (χ3v) is 7.62. The maximum atomic E-state index is 12.6. The maximum Gasteiger partial charge on any atom is 0.365 e. The lowest BCUT2D eigenvalue weighted by atomic mass is 9.70. The minimum absolute atomic E-state index is 0.0320. The van der Waals surface area contributed by atoms with Gasteiger partial charge < -0.3 is 14.3 Å². The van der Waals surface area contributed by atoms with Crippen molar-refractivity contribution in [1.82, 2.24) is 0 Å². The number of allylic oxidation sites excluding steroid dienone is 1. The van der Waals surface area contributed by atoms with Gasteiger partial charge in [-0.15, -0.1) is 0 Å². The first kappa shape index (κ1) is 19.9. The van der Waals surface area contributed by atoms with Gasteiger partial charge in [-0.3, -0.25) is 0 Å². The lowest BCUT2D eigenvalue weighted by Crippen LogP contribution is -2.33. The van der Waals surface area contributed by atoms with Gasteiger partial charge in [0.25, 0.3) is 0 Å². The summed E-state index contributed by atoms with van der Waals surface area (Å²) in [5.74, 6) is 1.45. The Balaban J connectivity index is 1.51. The van der Waals surface area contributed by atoms with E-state index >= 15 is 0 Å². The van der Waals surface area contributed by atoms with Gasteiger partial charge in [0.05, 0.1) is 11.3 Å². The van der Waals surface area contributed by atoms with Gasteiger partial charge >= 0.3 is 5.97 Å². The summed E-state index contributed by atoms with van der Waals surface area (Å²) >= 11 is 0. The number of carbonyl (C=O) groups excluding carboxylic acids is 1. The Morgan fingerprint density at radius 3 is 2.61 bits per heavy atom. The van der Waals surface area contributed by atoms with Crippen LogP contribution in [-0.2, 0) is 4.84 Å². The van der Waals surface area contributed by atoms with Crippen LogP contribution in [-0.4, -0.2) is 18.5 Å². The van der Waals surface area contributed by atoms with Crippen LogP contribution in [0.1, 0.15) is 55.1 Å². The molecule has 0 radical (unpaired) electrons.